The molecule has 0 aliphatic rings. The van der Waals surface area contributed by atoms with Crippen molar-refractivity contribution in [2.75, 3.05) is 13.6 Å². The largest absolute Gasteiger partial charge is 0.326 e. The zero-order valence-electron chi connectivity index (χ0n) is 10.5. The summed E-state index contributed by atoms with van der Waals surface area (Å²) in [6.07, 6.45) is 1.04. The maximum absolute atomic E-state index is 5.92. The lowest BCUT2D eigenvalue weighted by Crippen LogP contribution is -2.40. The SMILES string of the molecule is CC.CNCC(C)(C)CC(C)(C)N. The summed E-state index contributed by atoms with van der Waals surface area (Å²) >= 11 is 0. The number of rotatable bonds is 4. The molecule has 82 valence electrons. The van der Waals surface area contributed by atoms with Gasteiger partial charge < -0.3 is 11.1 Å². The Balaban J connectivity index is 0. The fourth-order valence-electron chi connectivity index (χ4n) is 1.77. The van der Waals surface area contributed by atoms with Gasteiger partial charge in [-0.2, -0.15) is 0 Å². The van der Waals surface area contributed by atoms with Crippen LogP contribution >= 0.6 is 0 Å². The van der Waals surface area contributed by atoms with Crippen molar-refractivity contribution in [3.63, 3.8) is 0 Å². The van der Waals surface area contributed by atoms with E-state index < -0.39 is 0 Å². The van der Waals surface area contributed by atoms with E-state index in [1.807, 2.05) is 20.9 Å². The Bertz CT molecular complexity index is 112. The van der Waals surface area contributed by atoms with Gasteiger partial charge in [-0.3, -0.25) is 0 Å². The van der Waals surface area contributed by atoms with E-state index in [1.54, 1.807) is 0 Å². The molecule has 0 aromatic carbocycles. The lowest BCUT2D eigenvalue weighted by molar-refractivity contribution is 0.254. The molecule has 0 atom stereocenters. The summed E-state index contributed by atoms with van der Waals surface area (Å²) in [5, 5.41) is 3.18. The van der Waals surface area contributed by atoms with Gasteiger partial charge in [-0.15, -0.1) is 0 Å². The van der Waals surface area contributed by atoms with Gasteiger partial charge in [-0.25, -0.2) is 0 Å². The van der Waals surface area contributed by atoms with E-state index in [4.69, 9.17) is 5.73 Å². The van der Waals surface area contributed by atoms with Crippen molar-refractivity contribution in [2.24, 2.45) is 11.1 Å². The second-order valence-corrected chi connectivity index (χ2v) is 4.86. The minimum absolute atomic E-state index is 0.0552. The summed E-state index contributed by atoms with van der Waals surface area (Å²) in [5.41, 5.74) is 6.17. The first-order chi connectivity index (χ1) is 5.77. The Labute approximate surface area is 84.3 Å². The van der Waals surface area contributed by atoms with Crippen molar-refractivity contribution in [2.45, 2.75) is 53.5 Å². The normalized spacial score (nSPS) is 12.0. The molecule has 0 aromatic heterocycles. The summed E-state index contributed by atoms with van der Waals surface area (Å²) in [7, 11) is 1.98. The number of nitrogens with two attached hydrogens (primary N) is 1. The van der Waals surface area contributed by atoms with Crippen molar-refractivity contribution in [1.82, 2.24) is 5.32 Å². The van der Waals surface area contributed by atoms with Crippen LogP contribution in [-0.2, 0) is 0 Å². The summed E-state index contributed by atoms with van der Waals surface area (Å²) in [6.45, 7) is 13.6. The predicted molar refractivity (Wildman–Crippen MR) is 61.9 cm³/mol. The molecule has 0 rings (SSSR count). The van der Waals surface area contributed by atoms with Crippen LogP contribution in [0.2, 0.25) is 0 Å². The highest BCUT2D eigenvalue weighted by Gasteiger charge is 2.24. The molecule has 0 bridgehead atoms. The Morgan fingerprint density at radius 2 is 1.46 bits per heavy atom. The van der Waals surface area contributed by atoms with Gasteiger partial charge in [-0.05, 0) is 32.7 Å². The fraction of sp³-hybridized carbons (Fsp3) is 1.00. The van der Waals surface area contributed by atoms with Gasteiger partial charge in [-0.1, -0.05) is 27.7 Å². The molecule has 3 N–H and O–H groups in total. The van der Waals surface area contributed by atoms with Crippen LogP contribution in [0.25, 0.3) is 0 Å². The lowest BCUT2D eigenvalue weighted by Gasteiger charge is -2.32. The zero-order valence-corrected chi connectivity index (χ0v) is 10.5. The molecule has 2 nitrogen and oxygen atoms in total. The predicted octanol–water partition coefficient (Wildman–Crippen LogP) is 2.39. The van der Waals surface area contributed by atoms with Crippen molar-refractivity contribution in [1.29, 1.82) is 0 Å². The Hall–Kier alpha value is -0.0800. The van der Waals surface area contributed by atoms with Crippen LogP contribution in [0.5, 0.6) is 0 Å². The molecule has 13 heavy (non-hydrogen) atoms. The van der Waals surface area contributed by atoms with Crippen LogP contribution in [-0.4, -0.2) is 19.1 Å². The van der Waals surface area contributed by atoms with Crippen LogP contribution in [0.1, 0.15) is 48.0 Å². The van der Waals surface area contributed by atoms with E-state index in [9.17, 15) is 0 Å². The van der Waals surface area contributed by atoms with Gasteiger partial charge in [0, 0.05) is 12.1 Å². The van der Waals surface area contributed by atoms with E-state index in [0.717, 1.165) is 13.0 Å². The van der Waals surface area contributed by atoms with Gasteiger partial charge in [0.05, 0.1) is 0 Å². The van der Waals surface area contributed by atoms with Crippen molar-refractivity contribution in [3.05, 3.63) is 0 Å². The van der Waals surface area contributed by atoms with E-state index in [0.29, 0.717) is 5.41 Å². The van der Waals surface area contributed by atoms with E-state index in [2.05, 4.69) is 33.0 Å². The number of hydrogen-bond donors (Lipinski definition) is 2. The highest BCUT2D eigenvalue weighted by molar-refractivity contribution is 4.82. The third-order valence-electron chi connectivity index (χ3n) is 1.59. The molecule has 0 unspecified atom stereocenters. The van der Waals surface area contributed by atoms with Gasteiger partial charge >= 0.3 is 0 Å². The summed E-state index contributed by atoms with van der Waals surface area (Å²) < 4.78 is 0. The Morgan fingerprint density at radius 1 is 1.08 bits per heavy atom. The molecular formula is C11H28N2. The lowest BCUT2D eigenvalue weighted by atomic mass is 9.80. The molecule has 0 radical (unpaired) electrons. The number of nitrogens with one attached hydrogen (secondary N) is 1. The standard InChI is InChI=1S/C9H22N2.C2H6/c1-8(2,7-11-5)6-9(3,4)10;1-2/h11H,6-7,10H2,1-5H3;1-2H3. The summed E-state index contributed by atoms with van der Waals surface area (Å²) in [6, 6.07) is 0. The Morgan fingerprint density at radius 3 is 1.69 bits per heavy atom. The van der Waals surface area contributed by atoms with Crippen LogP contribution < -0.4 is 11.1 Å². The maximum Gasteiger partial charge on any atom is 0.0103 e. The van der Waals surface area contributed by atoms with Crippen LogP contribution in [0.15, 0.2) is 0 Å². The first-order valence-electron chi connectivity index (χ1n) is 5.20. The van der Waals surface area contributed by atoms with Gasteiger partial charge in [0.1, 0.15) is 0 Å². The molecule has 2 heteroatoms. The molecule has 0 fully saturated rings. The van der Waals surface area contributed by atoms with Crippen molar-refractivity contribution < 1.29 is 0 Å². The van der Waals surface area contributed by atoms with Crippen LogP contribution in [0.3, 0.4) is 0 Å². The van der Waals surface area contributed by atoms with Crippen LogP contribution in [0, 0.1) is 5.41 Å². The smallest absolute Gasteiger partial charge is 0.0103 e. The van der Waals surface area contributed by atoms with E-state index >= 15 is 0 Å². The Kier molecular flexibility index (Phi) is 7.56. The van der Waals surface area contributed by atoms with Crippen molar-refractivity contribution in [3.8, 4) is 0 Å². The highest BCUT2D eigenvalue weighted by atomic mass is 14.8. The molecule has 0 heterocycles. The first-order valence-corrected chi connectivity index (χ1v) is 5.20. The van der Waals surface area contributed by atoms with E-state index in [-0.39, 0.29) is 5.54 Å². The maximum atomic E-state index is 5.92. The third kappa shape index (κ3) is 11.9. The average molecular weight is 188 g/mol. The molecule has 0 saturated carbocycles. The van der Waals surface area contributed by atoms with Crippen molar-refractivity contribution >= 4 is 0 Å². The van der Waals surface area contributed by atoms with Gasteiger partial charge in [0.2, 0.25) is 0 Å². The number of hydrogen-bond acceptors (Lipinski definition) is 2. The first kappa shape index (κ1) is 15.4. The fourth-order valence-corrected chi connectivity index (χ4v) is 1.77. The molecule has 0 aliphatic heterocycles. The second kappa shape index (κ2) is 6.39. The third-order valence-corrected chi connectivity index (χ3v) is 1.59. The zero-order chi connectivity index (χ0) is 11.1. The average Bonchev–Trinajstić information content (AvgIpc) is 1.85. The molecule has 0 saturated heterocycles. The van der Waals surface area contributed by atoms with Gasteiger partial charge in [0.15, 0.2) is 0 Å². The quantitative estimate of drug-likeness (QED) is 0.711. The molecule has 0 amide bonds. The molecule has 0 spiro atoms. The highest BCUT2D eigenvalue weighted by Crippen LogP contribution is 2.25. The van der Waals surface area contributed by atoms with E-state index in [1.165, 1.54) is 0 Å². The second-order valence-electron chi connectivity index (χ2n) is 4.86. The molecule has 0 aliphatic carbocycles. The van der Waals surface area contributed by atoms with Crippen LogP contribution in [0.4, 0.5) is 0 Å². The minimum atomic E-state index is -0.0552. The topological polar surface area (TPSA) is 38.0 Å². The molecular weight excluding hydrogens is 160 g/mol. The summed E-state index contributed by atoms with van der Waals surface area (Å²) in [4.78, 5) is 0. The van der Waals surface area contributed by atoms with Gasteiger partial charge in [0.25, 0.3) is 0 Å². The molecule has 0 aromatic rings. The minimum Gasteiger partial charge on any atom is -0.326 e. The monoisotopic (exact) mass is 188 g/mol. The summed E-state index contributed by atoms with van der Waals surface area (Å²) in [5.74, 6) is 0.